The Hall–Kier alpha value is -2.17. The molecule has 1 aliphatic rings. The molecular weight excluding hydrogens is 232 g/mol. The fourth-order valence-electron chi connectivity index (χ4n) is 2.36. The topological polar surface area (TPSA) is 75.3 Å². The second kappa shape index (κ2) is 4.25. The van der Waals surface area contributed by atoms with Crippen molar-refractivity contribution in [3.63, 3.8) is 0 Å². The average molecular weight is 246 g/mol. The summed E-state index contributed by atoms with van der Waals surface area (Å²) in [5.74, 6) is -1.41. The number of hydrogen-bond acceptors (Lipinski definition) is 3. The van der Waals surface area contributed by atoms with Crippen LogP contribution in [0, 0.1) is 5.92 Å². The standard InChI is InChI=1S/C13H14N2O3/c1-8(2)13(9-6-4-3-5-7-9)10(16)14-12(18)15-11(13)17/h3-8H,1-2H3,(H2,14,15,16,17,18). The first-order valence-corrected chi connectivity index (χ1v) is 5.72. The van der Waals surface area contributed by atoms with Gasteiger partial charge in [-0.2, -0.15) is 0 Å². The van der Waals surface area contributed by atoms with Gasteiger partial charge in [0, 0.05) is 0 Å². The summed E-state index contributed by atoms with van der Waals surface area (Å²) < 4.78 is 0. The minimum Gasteiger partial charge on any atom is -0.277 e. The monoisotopic (exact) mass is 246 g/mol. The molecule has 1 aliphatic heterocycles. The summed E-state index contributed by atoms with van der Waals surface area (Å²) >= 11 is 0. The van der Waals surface area contributed by atoms with Crippen LogP contribution in [0.5, 0.6) is 0 Å². The summed E-state index contributed by atoms with van der Waals surface area (Å²) in [6, 6.07) is 8.00. The van der Waals surface area contributed by atoms with Gasteiger partial charge in [0.15, 0.2) is 5.41 Å². The Kier molecular flexibility index (Phi) is 2.90. The lowest BCUT2D eigenvalue weighted by Gasteiger charge is -2.37. The molecule has 4 amide bonds. The lowest BCUT2D eigenvalue weighted by molar-refractivity contribution is -0.140. The van der Waals surface area contributed by atoms with Crippen LogP contribution in [0.25, 0.3) is 0 Å². The zero-order chi connectivity index (χ0) is 13.3. The van der Waals surface area contributed by atoms with E-state index in [1.807, 2.05) is 0 Å². The first kappa shape index (κ1) is 12.3. The quantitative estimate of drug-likeness (QED) is 0.763. The van der Waals surface area contributed by atoms with E-state index in [2.05, 4.69) is 10.6 Å². The summed E-state index contributed by atoms with van der Waals surface area (Å²) in [5.41, 5.74) is -0.766. The SMILES string of the molecule is CC(C)C1(c2ccccc2)C(=O)NC(=O)NC1=O. The molecule has 1 aromatic carbocycles. The van der Waals surface area contributed by atoms with Crippen molar-refractivity contribution in [1.29, 1.82) is 0 Å². The van der Waals surface area contributed by atoms with Crippen molar-refractivity contribution in [2.24, 2.45) is 5.92 Å². The van der Waals surface area contributed by atoms with Crippen LogP contribution in [0.2, 0.25) is 0 Å². The highest BCUT2D eigenvalue weighted by Gasteiger charge is 2.53. The van der Waals surface area contributed by atoms with E-state index in [1.54, 1.807) is 44.2 Å². The Labute approximate surface area is 105 Å². The predicted octanol–water partition coefficient (Wildman–Crippen LogP) is 0.946. The second-order valence-corrected chi connectivity index (χ2v) is 4.57. The van der Waals surface area contributed by atoms with Crippen molar-refractivity contribution < 1.29 is 14.4 Å². The van der Waals surface area contributed by atoms with Gasteiger partial charge in [-0.1, -0.05) is 44.2 Å². The minimum atomic E-state index is -1.35. The molecule has 5 nitrogen and oxygen atoms in total. The maximum Gasteiger partial charge on any atom is 0.328 e. The van der Waals surface area contributed by atoms with Crippen LogP contribution in [-0.2, 0) is 15.0 Å². The third-order valence-electron chi connectivity index (χ3n) is 3.27. The molecule has 18 heavy (non-hydrogen) atoms. The molecule has 0 spiro atoms. The maximum atomic E-state index is 12.2. The highest BCUT2D eigenvalue weighted by molar-refractivity contribution is 6.23. The third-order valence-corrected chi connectivity index (χ3v) is 3.27. The summed E-state index contributed by atoms with van der Waals surface area (Å²) in [6.45, 7) is 3.56. The smallest absolute Gasteiger partial charge is 0.277 e. The van der Waals surface area contributed by atoms with Gasteiger partial charge >= 0.3 is 6.03 Å². The fourth-order valence-corrected chi connectivity index (χ4v) is 2.36. The predicted molar refractivity (Wildman–Crippen MR) is 64.6 cm³/mol. The molecular formula is C13H14N2O3. The molecule has 1 fully saturated rings. The average Bonchev–Trinajstić information content (AvgIpc) is 2.29. The van der Waals surface area contributed by atoms with Crippen LogP contribution < -0.4 is 10.6 Å². The van der Waals surface area contributed by atoms with Gasteiger partial charge in [-0.3, -0.25) is 20.2 Å². The molecule has 2 N–H and O–H groups in total. The molecule has 0 bridgehead atoms. The van der Waals surface area contributed by atoms with Crippen LogP contribution in [0.1, 0.15) is 19.4 Å². The number of imide groups is 2. The van der Waals surface area contributed by atoms with E-state index in [4.69, 9.17) is 0 Å². The van der Waals surface area contributed by atoms with Gasteiger partial charge in [0.1, 0.15) is 0 Å². The van der Waals surface area contributed by atoms with E-state index in [0.717, 1.165) is 0 Å². The van der Waals surface area contributed by atoms with E-state index in [-0.39, 0.29) is 5.92 Å². The second-order valence-electron chi connectivity index (χ2n) is 4.57. The Morgan fingerprint density at radius 2 is 1.44 bits per heavy atom. The van der Waals surface area contributed by atoms with E-state index in [9.17, 15) is 14.4 Å². The first-order valence-electron chi connectivity index (χ1n) is 5.72. The van der Waals surface area contributed by atoms with Crippen LogP contribution in [0.3, 0.4) is 0 Å². The lowest BCUT2D eigenvalue weighted by Crippen LogP contribution is -2.66. The summed E-state index contributed by atoms with van der Waals surface area (Å²) in [5, 5.41) is 4.34. The number of barbiturate groups is 1. The molecule has 94 valence electrons. The molecule has 2 rings (SSSR count). The van der Waals surface area contributed by atoms with Gasteiger partial charge < -0.3 is 0 Å². The largest absolute Gasteiger partial charge is 0.328 e. The Morgan fingerprint density at radius 1 is 0.944 bits per heavy atom. The number of nitrogens with one attached hydrogen (secondary N) is 2. The number of hydrogen-bond donors (Lipinski definition) is 2. The van der Waals surface area contributed by atoms with Gasteiger partial charge in [0.2, 0.25) is 11.8 Å². The van der Waals surface area contributed by atoms with E-state index >= 15 is 0 Å². The Bertz CT molecular complexity index is 488. The van der Waals surface area contributed by atoms with Crippen LogP contribution in [0.15, 0.2) is 30.3 Å². The first-order chi connectivity index (χ1) is 8.49. The fraction of sp³-hybridized carbons (Fsp3) is 0.308. The molecule has 0 aliphatic carbocycles. The molecule has 1 aromatic rings. The molecule has 0 radical (unpaired) electrons. The number of benzene rings is 1. The van der Waals surface area contributed by atoms with Gasteiger partial charge in [0.25, 0.3) is 0 Å². The van der Waals surface area contributed by atoms with Crippen molar-refractivity contribution in [1.82, 2.24) is 10.6 Å². The number of rotatable bonds is 2. The van der Waals surface area contributed by atoms with Crippen LogP contribution in [-0.4, -0.2) is 17.8 Å². The molecule has 5 heteroatoms. The highest BCUT2D eigenvalue weighted by atomic mass is 16.2. The minimum absolute atomic E-state index is 0.270. The van der Waals surface area contributed by atoms with Gasteiger partial charge in [-0.05, 0) is 11.5 Å². The molecule has 0 aromatic heterocycles. The van der Waals surface area contributed by atoms with E-state index < -0.39 is 23.3 Å². The normalized spacial score (nSPS) is 18.5. The van der Waals surface area contributed by atoms with Crippen molar-refractivity contribution >= 4 is 17.8 Å². The molecule has 1 heterocycles. The number of carbonyl (C=O) groups excluding carboxylic acids is 3. The molecule has 0 saturated carbocycles. The number of urea groups is 1. The maximum absolute atomic E-state index is 12.2. The number of amides is 4. The van der Waals surface area contributed by atoms with Crippen molar-refractivity contribution in [2.45, 2.75) is 19.3 Å². The molecule has 1 saturated heterocycles. The van der Waals surface area contributed by atoms with Crippen LogP contribution >= 0.6 is 0 Å². The van der Waals surface area contributed by atoms with Gasteiger partial charge in [0.05, 0.1) is 0 Å². The van der Waals surface area contributed by atoms with Crippen molar-refractivity contribution in [3.05, 3.63) is 35.9 Å². The number of carbonyl (C=O) groups is 3. The Morgan fingerprint density at radius 3 is 1.89 bits per heavy atom. The summed E-state index contributed by atoms with van der Waals surface area (Å²) in [7, 11) is 0. The zero-order valence-corrected chi connectivity index (χ0v) is 10.2. The van der Waals surface area contributed by atoms with Gasteiger partial charge in [-0.15, -0.1) is 0 Å². The van der Waals surface area contributed by atoms with Gasteiger partial charge in [-0.25, -0.2) is 4.79 Å². The highest BCUT2D eigenvalue weighted by Crippen LogP contribution is 2.34. The van der Waals surface area contributed by atoms with Crippen LogP contribution in [0.4, 0.5) is 4.79 Å². The van der Waals surface area contributed by atoms with E-state index in [1.165, 1.54) is 0 Å². The van der Waals surface area contributed by atoms with Crippen molar-refractivity contribution in [3.8, 4) is 0 Å². The lowest BCUT2D eigenvalue weighted by atomic mass is 9.69. The third kappa shape index (κ3) is 1.59. The molecule has 0 atom stereocenters. The summed E-state index contributed by atoms with van der Waals surface area (Å²) in [6.07, 6.45) is 0. The Balaban J connectivity index is 2.61. The van der Waals surface area contributed by atoms with E-state index in [0.29, 0.717) is 5.56 Å². The molecule has 0 unspecified atom stereocenters. The zero-order valence-electron chi connectivity index (χ0n) is 10.2. The van der Waals surface area contributed by atoms with Crippen molar-refractivity contribution in [2.75, 3.05) is 0 Å². The summed E-state index contributed by atoms with van der Waals surface area (Å²) in [4.78, 5) is 35.5.